The van der Waals surface area contributed by atoms with Crippen LogP contribution in [0.2, 0.25) is 0 Å². The Labute approximate surface area is 149 Å². The fourth-order valence-electron chi connectivity index (χ4n) is 3.24. The molecule has 0 unspecified atom stereocenters. The summed E-state index contributed by atoms with van der Waals surface area (Å²) < 4.78 is 5.35. The first kappa shape index (κ1) is 19.1. The lowest BCUT2D eigenvalue weighted by Gasteiger charge is -2.30. The van der Waals surface area contributed by atoms with Gasteiger partial charge in [0.15, 0.2) is 0 Å². The Morgan fingerprint density at radius 2 is 1.96 bits per heavy atom. The molecule has 1 aromatic rings. The SMILES string of the molecule is COc1ccc(NC(C)=O)cc1N[C@H](C)C(=O)N[C@H]1CCCC[C@H]1C. The summed E-state index contributed by atoms with van der Waals surface area (Å²) >= 11 is 0. The van der Waals surface area contributed by atoms with Crippen LogP contribution in [0.5, 0.6) is 5.75 Å². The number of hydrogen-bond donors (Lipinski definition) is 3. The zero-order chi connectivity index (χ0) is 18.4. The molecule has 0 aliphatic heterocycles. The van der Waals surface area contributed by atoms with Gasteiger partial charge < -0.3 is 20.7 Å². The standard InChI is InChI=1S/C19H29N3O3/c1-12-7-5-6-8-16(12)22-19(24)13(2)20-17-11-15(21-14(3)23)9-10-18(17)25-4/h9-13,16,20H,5-8H2,1-4H3,(H,21,23)(H,22,24)/t12-,13-,16+/m1/s1. The molecular weight excluding hydrogens is 318 g/mol. The van der Waals surface area contributed by atoms with E-state index in [9.17, 15) is 9.59 Å². The van der Waals surface area contributed by atoms with Crippen LogP contribution >= 0.6 is 0 Å². The Balaban J connectivity index is 2.03. The minimum atomic E-state index is -0.407. The molecule has 25 heavy (non-hydrogen) atoms. The van der Waals surface area contributed by atoms with Gasteiger partial charge in [-0.2, -0.15) is 0 Å². The average Bonchev–Trinajstić information content (AvgIpc) is 2.56. The van der Waals surface area contributed by atoms with Crippen LogP contribution in [0.3, 0.4) is 0 Å². The van der Waals surface area contributed by atoms with Crippen molar-refractivity contribution < 1.29 is 14.3 Å². The van der Waals surface area contributed by atoms with Crippen molar-refractivity contribution in [1.29, 1.82) is 0 Å². The number of hydrogen-bond acceptors (Lipinski definition) is 4. The van der Waals surface area contributed by atoms with Crippen LogP contribution in [0.25, 0.3) is 0 Å². The van der Waals surface area contributed by atoms with Gasteiger partial charge in [0.2, 0.25) is 11.8 Å². The highest BCUT2D eigenvalue weighted by Crippen LogP contribution is 2.29. The van der Waals surface area contributed by atoms with E-state index in [-0.39, 0.29) is 17.9 Å². The average molecular weight is 347 g/mol. The van der Waals surface area contributed by atoms with Crippen LogP contribution in [-0.2, 0) is 9.59 Å². The highest BCUT2D eigenvalue weighted by atomic mass is 16.5. The predicted octanol–water partition coefficient (Wildman–Crippen LogP) is 3.15. The molecular formula is C19H29N3O3. The third-order valence-electron chi connectivity index (χ3n) is 4.72. The third kappa shape index (κ3) is 5.37. The van der Waals surface area contributed by atoms with Crippen molar-refractivity contribution in [2.75, 3.05) is 17.7 Å². The van der Waals surface area contributed by atoms with Crippen molar-refractivity contribution >= 4 is 23.2 Å². The van der Waals surface area contributed by atoms with Gasteiger partial charge in [-0.15, -0.1) is 0 Å². The minimum Gasteiger partial charge on any atom is -0.495 e. The highest BCUT2D eigenvalue weighted by molar-refractivity contribution is 5.90. The topological polar surface area (TPSA) is 79.5 Å². The molecule has 1 fully saturated rings. The molecule has 0 saturated heterocycles. The second-order valence-electron chi connectivity index (χ2n) is 6.84. The van der Waals surface area contributed by atoms with Crippen molar-refractivity contribution in [3.63, 3.8) is 0 Å². The first-order valence-corrected chi connectivity index (χ1v) is 8.93. The summed E-state index contributed by atoms with van der Waals surface area (Å²) in [4.78, 5) is 23.8. The van der Waals surface area contributed by atoms with E-state index < -0.39 is 6.04 Å². The summed E-state index contributed by atoms with van der Waals surface area (Å²) in [5.41, 5.74) is 1.33. The van der Waals surface area contributed by atoms with E-state index in [1.165, 1.54) is 26.2 Å². The first-order valence-electron chi connectivity index (χ1n) is 8.93. The van der Waals surface area contributed by atoms with Gasteiger partial charge in [-0.05, 0) is 43.9 Å². The van der Waals surface area contributed by atoms with Crippen molar-refractivity contribution in [3.05, 3.63) is 18.2 Å². The molecule has 2 rings (SSSR count). The number of methoxy groups -OCH3 is 1. The molecule has 3 N–H and O–H groups in total. The second-order valence-corrected chi connectivity index (χ2v) is 6.84. The predicted molar refractivity (Wildman–Crippen MR) is 99.9 cm³/mol. The number of nitrogens with one attached hydrogen (secondary N) is 3. The normalized spacial score (nSPS) is 21.1. The summed E-state index contributed by atoms with van der Waals surface area (Å²) in [6, 6.07) is 5.14. The molecule has 6 heteroatoms. The number of carbonyl (C=O) groups excluding carboxylic acids is 2. The number of carbonyl (C=O) groups is 2. The highest BCUT2D eigenvalue weighted by Gasteiger charge is 2.25. The molecule has 2 amide bonds. The van der Waals surface area contributed by atoms with Crippen LogP contribution in [0.15, 0.2) is 18.2 Å². The number of amides is 2. The van der Waals surface area contributed by atoms with Gasteiger partial charge in [-0.1, -0.05) is 19.8 Å². The summed E-state index contributed by atoms with van der Waals surface area (Å²) in [6.45, 7) is 5.48. The van der Waals surface area contributed by atoms with Crippen molar-refractivity contribution in [1.82, 2.24) is 5.32 Å². The first-order chi connectivity index (χ1) is 11.9. The van der Waals surface area contributed by atoms with Gasteiger partial charge in [0.1, 0.15) is 11.8 Å². The Morgan fingerprint density at radius 3 is 2.60 bits per heavy atom. The maximum Gasteiger partial charge on any atom is 0.242 e. The molecule has 0 aromatic heterocycles. The smallest absolute Gasteiger partial charge is 0.242 e. The van der Waals surface area contributed by atoms with Crippen molar-refractivity contribution in [3.8, 4) is 5.75 Å². The Bertz CT molecular complexity index is 618. The molecule has 0 bridgehead atoms. The summed E-state index contributed by atoms with van der Waals surface area (Å²) in [7, 11) is 1.58. The van der Waals surface area contributed by atoms with Crippen LogP contribution in [0.4, 0.5) is 11.4 Å². The molecule has 0 spiro atoms. The summed E-state index contributed by atoms with van der Waals surface area (Å²) in [6.07, 6.45) is 4.62. The second kappa shape index (κ2) is 8.74. The maximum absolute atomic E-state index is 12.5. The van der Waals surface area contributed by atoms with E-state index >= 15 is 0 Å². The Hall–Kier alpha value is -2.24. The molecule has 138 valence electrons. The molecule has 0 radical (unpaired) electrons. The van der Waals surface area contributed by atoms with Crippen LogP contribution in [-0.4, -0.2) is 31.0 Å². The van der Waals surface area contributed by atoms with Gasteiger partial charge in [0.05, 0.1) is 12.8 Å². The van der Waals surface area contributed by atoms with Crippen LogP contribution < -0.4 is 20.7 Å². The van der Waals surface area contributed by atoms with Crippen molar-refractivity contribution in [2.45, 2.75) is 58.5 Å². The van der Waals surface area contributed by atoms with Crippen LogP contribution in [0.1, 0.15) is 46.5 Å². The number of ether oxygens (including phenoxy) is 1. The summed E-state index contributed by atoms with van der Waals surface area (Å²) in [5, 5.41) is 9.09. The molecule has 1 aliphatic carbocycles. The molecule has 3 atom stereocenters. The van der Waals surface area contributed by atoms with Crippen molar-refractivity contribution in [2.24, 2.45) is 5.92 Å². The zero-order valence-corrected chi connectivity index (χ0v) is 15.5. The quantitative estimate of drug-likeness (QED) is 0.738. The number of benzene rings is 1. The van der Waals surface area contributed by atoms with E-state index in [4.69, 9.17) is 4.74 Å². The van der Waals surface area contributed by atoms with E-state index in [0.29, 0.717) is 23.0 Å². The molecule has 1 aromatic carbocycles. The van der Waals surface area contributed by atoms with Gasteiger partial charge >= 0.3 is 0 Å². The largest absolute Gasteiger partial charge is 0.495 e. The molecule has 6 nitrogen and oxygen atoms in total. The lowest BCUT2D eigenvalue weighted by atomic mass is 9.86. The Kier molecular flexibility index (Phi) is 6.67. The van der Waals surface area contributed by atoms with E-state index in [2.05, 4.69) is 22.9 Å². The lowest BCUT2D eigenvalue weighted by molar-refractivity contribution is -0.122. The fraction of sp³-hybridized carbons (Fsp3) is 0.579. The number of rotatable bonds is 6. The zero-order valence-electron chi connectivity index (χ0n) is 15.5. The number of anilines is 2. The lowest BCUT2D eigenvalue weighted by Crippen LogP contribution is -2.46. The van der Waals surface area contributed by atoms with Gasteiger partial charge in [0, 0.05) is 18.7 Å². The van der Waals surface area contributed by atoms with Gasteiger partial charge in [-0.3, -0.25) is 9.59 Å². The van der Waals surface area contributed by atoms with Crippen LogP contribution in [0, 0.1) is 5.92 Å². The summed E-state index contributed by atoms with van der Waals surface area (Å²) in [5.74, 6) is 0.973. The third-order valence-corrected chi connectivity index (χ3v) is 4.72. The maximum atomic E-state index is 12.5. The molecule has 1 saturated carbocycles. The van der Waals surface area contributed by atoms with Gasteiger partial charge in [-0.25, -0.2) is 0 Å². The van der Waals surface area contributed by atoms with E-state index in [1.807, 2.05) is 6.92 Å². The van der Waals surface area contributed by atoms with E-state index in [1.54, 1.807) is 25.3 Å². The fourth-order valence-corrected chi connectivity index (χ4v) is 3.24. The monoisotopic (exact) mass is 347 g/mol. The molecule has 0 heterocycles. The Morgan fingerprint density at radius 1 is 1.24 bits per heavy atom. The molecule has 1 aliphatic rings. The van der Waals surface area contributed by atoms with E-state index in [0.717, 1.165) is 6.42 Å². The minimum absolute atomic E-state index is 0.0225. The van der Waals surface area contributed by atoms with Gasteiger partial charge in [0.25, 0.3) is 0 Å².